The number of anilines is 1. The topological polar surface area (TPSA) is 184 Å². The largest absolute Gasteiger partial charge is 0.444 e. The third-order valence-electron chi connectivity index (χ3n) is 10.6. The van der Waals surface area contributed by atoms with Crippen molar-refractivity contribution in [1.29, 1.82) is 0 Å². The summed E-state index contributed by atoms with van der Waals surface area (Å²) in [6.07, 6.45) is 4.49. The van der Waals surface area contributed by atoms with Gasteiger partial charge in [0.15, 0.2) is 0 Å². The van der Waals surface area contributed by atoms with Crippen molar-refractivity contribution in [3.05, 3.63) is 71.8 Å². The molecule has 5 atom stereocenters. The molecule has 3 N–H and O–H groups in total. The number of amides is 5. The van der Waals surface area contributed by atoms with Crippen LogP contribution in [0.4, 0.5) is 15.3 Å². The van der Waals surface area contributed by atoms with E-state index in [1.54, 1.807) is 37.8 Å². The maximum atomic E-state index is 14.4. The Kier molecular flexibility index (Phi) is 11.7. The van der Waals surface area contributed by atoms with Crippen LogP contribution in [0, 0.1) is 5.92 Å². The summed E-state index contributed by atoms with van der Waals surface area (Å²) in [5, 5.41) is 5.53. The maximum Gasteiger partial charge on any atom is 0.410 e. The first-order valence-electron chi connectivity index (χ1n) is 19.1. The summed E-state index contributed by atoms with van der Waals surface area (Å²) in [6.45, 7) is 5.69. The van der Waals surface area contributed by atoms with Crippen molar-refractivity contribution in [2.75, 3.05) is 25.5 Å². The van der Waals surface area contributed by atoms with Crippen molar-refractivity contribution in [1.82, 2.24) is 25.2 Å². The molecule has 56 heavy (non-hydrogen) atoms. The van der Waals surface area contributed by atoms with Gasteiger partial charge in [0.1, 0.15) is 29.3 Å². The van der Waals surface area contributed by atoms with Gasteiger partial charge in [0, 0.05) is 45.2 Å². The molecule has 4 aliphatic rings. The molecular formula is C40H52N6O9S. The molecule has 2 aromatic rings. The Morgan fingerprint density at radius 1 is 0.964 bits per heavy atom. The third kappa shape index (κ3) is 9.28. The Morgan fingerprint density at radius 3 is 2.29 bits per heavy atom. The molecule has 1 saturated carbocycles. The molecule has 5 amide bonds. The second-order valence-corrected chi connectivity index (χ2v) is 17.9. The van der Waals surface area contributed by atoms with Crippen molar-refractivity contribution in [3.8, 4) is 0 Å². The van der Waals surface area contributed by atoms with Crippen LogP contribution in [0.3, 0.4) is 0 Å². The molecule has 1 aliphatic carbocycles. The number of sulfonamides is 1. The van der Waals surface area contributed by atoms with Crippen LogP contribution in [-0.4, -0.2) is 98.1 Å². The standard InChI is InChI=1S/C40H52N6O9S/c1-39(2,3)55-37(50)41-32-16-10-8-6-7-9-15-28-22-40(28,36(49)43-56(52,53)31-19-17-29(18-20-31)44(4)5)42-34(47)33-21-30(25-46(33)35(32)48)54-38(51)45-23-26-13-11-12-14-27(26)24-45/h9,11-15,17-20,28,30,32-33H,6-8,10,16,21-25H2,1-5H3,(H,41,50)(H,42,47)(H,43,49)/t28-,30-,32-,33+,40-/m1/s1. The number of carbonyl (C=O) groups excluding carboxylic acids is 5. The number of benzene rings is 2. The van der Waals surface area contributed by atoms with Crippen LogP contribution in [0.1, 0.15) is 76.8 Å². The lowest BCUT2D eigenvalue weighted by atomic mass is 10.0. The van der Waals surface area contributed by atoms with Gasteiger partial charge in [-0.25, -0.2) is 22.7 Å². The second kappa shape index (κ2) is 16.2. The molecular weight excluding hydrogens is 741 g/mol. The SMILES string of the molecule is CN(C)c1ccc(S(=O)(=O)NC(=O)[C@@]23C[C@H]2C=CCCCCC[C@@H](NC(=O)OC(C)(C)C)C(=O)N2C[C@H](OC(=O)N4Cc5ccccc5C4)C[C@H]2C(=O)N3)cc1. The van der Waals surface area contributed by atoms with Gasteiger partial charge in [-0.05, 0) is 81.8 Å². The highest BCUT2D eigenvalue weighted by Gasteiger charge is 2.61. The predicted octanol–water partition coefficient (Wildman–Crippen LogP) is 3.97. The number of allylic oxidation sites excluding steroid dienone is 1. The van der Waals surface area contributed by atoms with E-state index in [2.05, 4.69) is 15.4 Å². The lowest BCUT2D eigenvalue weighted by molar-refractivity contribution is -0.141. The van der Waals surface area contributed by atoms with E-state index >= 15 is 0 Å². The number of rotatable bonds is 6. The molecule has 3 aliphatic heterocycles. The summed E-state index contributed by atoms with van der Waals surface area (Å²) < 4.78 is 40.5. The van der Waals surface area contributed by atoms with Gasteiger partial charge in [0.05, 0.1) is 11.4 Å². The molecule has 3 heterocycles. The number of nitrogens with one attached hydrogen (secondary N) is 3. The predicted molar refractivity (Wildman–Crippen MR) is 207 cm³/mol. The van der Waals surface area contributed by atoms with Crippen molar-refractivity contribution < 1.29 is 41.9 Å². The van der Waals surface area contributed by atoms with Crippen LogP contribution < -0.4 is 20.3 Å². The molecule has 0 spiro atoms. The molecule has 0 radical (unpaired) electrons. The molecule has 0 aromatic heterocycles. The minimum atomic E-state index is -4.33. The van der Waals surface area contributed by atoms with Crippen molar-refractivity contribution >= 4 is 45.6 Å². The highest BCUT2D eigenvalue weighted by Crippen LogP contribution is 2.46. The van der Waals surface area contributed by atoms with Crippen LogP contribution in [0.15, 0.2) is 65.6 Å². The van der Waals surface area contributed by atoms with E-state index in [0.29, 0.717) is 25.9 Å². The van der Waals surface area contributed by atoms with E-state index in [9.17, 15) is 32.4 Å². The zero-order chi connectivity index (χ0) is 40.4. The molecule has 15 nitrogen and oxygen atoms in total. The third-order valence-corrected chi connectivity index (χ3v) is 11.9. The van der Waals surface area contributed by atoms with Crippen molar-refractivity contribution in [2.24, 2.45) is 5.92 Å². The highest BCUT2D eigenvalue weighted by molar-refractivity contribution is 7.90. The quantitative estimate of drug-likeness (QED) is 0.362. The number of alkyl carbamates (subject to hydrolysis) is 1. The number of hydrogen-bond donors (Lipinski definition) is 3. The second-order valence-electron chi connectivity index (χ2n) is 16.2. The lowest BCUT2D eigenvalue weighted by Crippen LogP contribution is -2.58. The van der Waals surface area contributed by atoms with E-state index < -0.39 is 75.2 Å². The van der Waals surface area contributed by atoms with Crippen LogP contribution in [0.25, 0.3) is 0 Å². The van der Waals surface area contributed by atoms with Gasteiger partial charge in [-0.3, -0.25) is 19.3 Å². The summed E-state index contributed by atoms with van der Waals surface area (Å²) in [7, 11) is -0.691. The zero-order valence-electron chi connectivity index (χ0n) is 32.6. The first kappa shape index (κ1) is 40.5. The van der Waals surface area contributed by atoms with Crippen molar-refractivity contribution in [2.45, 2.75) is 113 Å². The van der Waals surface area contributed by atoms with Gasteiger partial charge >= 0.3 is 12.2 Å². The molecule has 6 rings (SSSR count). The minimum absolute atomic E-state index is 0.0853. The maximum absolute atomic E-state index is 14.4. The smallest absolute Gasteiger partial charge is 0.410 e. The fraction of sp³-hybridized carbons (Fsp3) is 0.525. The van der Waals surface area contributed by atoms with Gasteiger partial charge in [-0.2, -0.15) is 0 Å². The van der Waals surface area contributed by atoms with Crippen molar-refractivity contribution in [3.63, 3.8) is 0 Å². The molecule has 2 aromatic carbocycles. The summed E-state index contributed by atoms with van der Waals surface area (Å²) in [5.74, 6) is -2.69. The lowest BCUT2D eigenvalue weighted by Gasteiger charge is -2.30. The van der Waals surface area contributed by atoms with E-state index in [1.165, 1.54) is 17.0 Å². The van der Waals surface area contributed by atoms with E-state index in [4.69, 9.17) is 9.47 Å². The summed E-state index contributed by atoms with van der Waals surface area (Å²) in [5.41, 5.74) is 0.312. The number of ether oxygens (including phenoxy) is 2. The Morgan fingerprint density at radius 2 is 1.64 bits per heavy atom. The first-order valence-corrected chi connectivity index (χ1v) is 20.6. The molecule has 0 unspecified atom stereocenters. The van der Waals surface area contributed by atoms with Gasteiger partial charge in [0.25, 0.3) is 15.9 Å². The fourth-order valence-electron chi connectivity index (χ4n) is 7.49. The molecule has 302 valence electrons. The first-order chi connectivity index (χ1) is 26.5. The van der Waals surface area contributed by atoms with Crippen LogP contribution in [0.5, 0.6) is 0 Å². The Bertz CT molecular complexity index is 1950. The highest BCUT2D eigenvalue weighted by atomic mass is 32.2. The van der Waals surface area contributed by atoms with Gasteiger partial charge in [-0.15, -0.1) is 0 Å². The van der Waals surface area contributed by atoms with Gasteiger partial charge in [-0.1, -0.05) is 49.3 Å². The molecule has 2 fully saturated rings. The molecule has 16 heteroatoms. The molecule has 1 saturated heterocycles. The number of nitrogens with zero attached hydrogens (tertiary/aromatic N) is 3. The van der Waals surface area contributed by atoms with Gasteiger partial charge < -0.3 is 29.9 Å². The summed E-state index contributed by atoms with van der Waals surface area (Å²) in [4.78, 5) is 73.7. The van der Waals surface area contributed by atoms with Crippen LogP contribution in [-0.2, 0) is 47.0 Å². The normalized spacial score (nSPS) is 25.4. The number of fused-ring (bicyclic) bond motifs is 3. The van der Waals surface area contributed by atoms with E-state index in [1.807, 2.05) is 55.4 Å². The summed E-state index contributed by atoms with van der Waals surface area (Å²) >= 11 is 0. The van der Waals surface area contributed by atoms with Crippen LogP contribution in [0.2, 0.25) is 0 Å². The minimum Gasteiger partial charge on any atom is -0.444 e. The van der Waals surface area contributed by atoms with E-state index in [-0.39, 0.29) is 30.7 Å². The van der Waals surface area contributed by atoms with E-state index in [0.717, 1.165) is 29.7 Å². The average molecular weight is 793 g/mol. The number of carbonyl (C=O) groups is 5. The number of hydrogen-bond acceptors (Lipinski definition) is 10. The summed E-state index contributed by atoms with van der Waals surface area (Å²) in [6, 6.07) is 11.4. The zero-order valence-corrected chi connectivity index (χ0v) is 33.4. The Balaban J connectivity index is 1.26. The Labute approximate surface area is 328 Å². The van der Waals surface area contributed by atoms with Crippen LogP contribution >= 0.6 is 0 Å². The Hall–Kier alpha value is -5.12. The fourth-order valence-corrected chi connectivity index (χ4v) is 8.53. The molecule has 0 bridgehead atoms. The van der Waals surface area contributed by atoms with Gasteiger partial charge in [0.2, 0.25) is 11.8 Å². The average Bonchev–Trinajstić information content (AvgIpc) is 3.42. The monoisotopic (exact) mass is 792 g/mol.